The topological polar surface area (TPSA) is 58.6 Å². The van der Waals surface area contributed by atoms with Gasteiger partial charge in [0.25, 0.3) is 0 Å². The van der Waals surface area contributed by atoms with E-state index in [0.29, 0.717) is 6.54 Å². The van der Waals surface area contributed by atoms with Crippen molar-refractivity contribution >= 4 is 6.09 Å². The predicted molar refractivity (Wildman–Crippen MR) is 52.7 cm³/mol. The summed E-state index contributed by atoms with van der Waals surface area (Å²) in [7, 11) is 0. The Hall–Kier alpha value is -0.770. The van der Waals surface area contributed by atoms with Crippen molar-refractivity contribution in [2.75, 3.05) is 19.8 Å². The highest BCUT2D eigenvalue weighted by Gasteiger charge is 1.97. The van der Waals surface area contributed by atoms with Crippen LogP contribution in [0.2, 0.25) is 0 Å². The SMILES string of the molecule is CC.CCCCNC(=O)OCCO. The van der Waals surface area contributed by atoms with Crippen LogP contribution in [0.5, 0.6) is 0 Å². The maximum Gasteiger partial charge on any atom is 0.407 e. The second-order valence-corrected chi connectivity index (χ2v) is 2.14. The molecule has 0 saturated heterocycles. The van der Waals surface area contributed by atoms with E-state index in [9.17, 15) is 4.79 Å². The van der Waals surface area contributed by atoms with Gasteiger partial charge in [-0.1, -0.05) is 27.2 Å². The van der Waals surface area contributed by atoms with Gasteiger partial charge in [0.1, 0.15) is 6.61 Å². The third-order valence-electron chi connectivity index (χ3n) is 1.12. The van der Waals surface area contributed by atoms with Gasteiger partial charge in [-0.25, -0.2) is 4.79 Å². The molecule has 0 atom stereocenters. The number of rotatable bonds is 5. The van der Waals surface area contributed by atoms with E-state index in [1.54, 1.807) is 0 Å². The fourth-order valence-electron chi connectivity index (χ4n) is 0.557. The minimum atomic E-state index is -0.451. The molecule has 0 radical (unpaired) electrons. The number of hydrogen-bond acceptors (Lipinski definition) is 3. The van der Waals surface area contributed by atoms with Crippen molar-refractivity contribution in [1.82, 2.24) is 5.32 Å². The zero-order valence-corrected chi connectivity index (χ0v) is 8.80. The van der Waals surface area contributed by atoms with Crippen molar-refractivity contribution in [3.63, 3.8) is 0 Å². The molecule has 0 saturated carbocycles. The smallest absolute Gasteiger partial charge is 0.407 e. The standard InChI is InChI=1S/C7H15NO3.C2H6/c1-2-3-4-8-7(10)11-6-5-9;1-2/h9H,2-6H2,1H3,(H,8,10);1-2H3. The number of aliphatic hydroxyl groups excluding tert-OH is 1. The largest absolute Gasteiger partial charge is 0.447 e. The van der Waals surface area contributed by atoms with Crippen LogP contribution in [-0.2, 0) is 4.74 Å². The number of nitrogens with one attached hydrogen (secondary N) is 1. The van der Waals surface area contributed by atoms with Crippen LogP contribution in [0.25, 0.3) is 0 Å². The van der Waals surface area contributed by atoms with E-state index in [1.165, 1.54) is 0 Å². The Morgan fingerprint density at radius 3 is 2.54 bits per heavy atom. The predicted octanol–water partition coefficient (Wildman–Crippen LogP) is 1.53. The van der Waals surface area contributed by atoms with Gasteiger partial charge in [0.2, 0.25) is 0 Å². The van der Waals surface area contributed by atoms with E-state index in [1.807, 2.05) is 20.8 Å². The van der Waals surface area contributed by atoms with E-state index in [0.717, 1.165) is 12.8 Å². The Labute approximate surface area is 80.3 Å². The highest BCUT2D eigenvalue weighted by atomic mass is 16.6. The van der Waals surface area contributed by atoms with Gasteiger partial charge in [0.05, 0.1) is 6.61 Å². The van der Waals surface area contributed by atoms with Crippen molar-refractivity contribution in [2.45, 2.75) is 33.6 Å². The van der Waals surface area contributed by atoms with Crippen molar-refractivity contribution in [1.29, 1.82) is 0 Å². The molecular weight excluding hydrogens is 170 g/mol. The van der Waals surface area contributed by atoms with E-state index in [4.69, 9.17) is 5.11 Å². The van der Waals surface area contributed by atoms with Gasteiger partial charge in [-0.3, -0.25) is 0 Å². The zero-order valence-electron chi connectivity index (χ0n) is 8.80. The third-order valence-corrected chi connectivity index (χ3v) is 1.12. The van der Waals surface area contributed by atoms with Crippen LogP contribution >= 0.6 is 0 Å². The fourth-order valence-corrected chi connectivity index (χ4v) is 0.557. The monoisotopic (exact) mass is 191 g/mol. The number of ether oxygens (including phenoxy) is 1. The molecule has 0 aromatic rings. The maximum absolute atomic E-state index is 10.6. The zero-order chi connectivity index (χ0) is 10.5. The molecular formula is C9H21NO3. The molecule has 0 fully saturated rings. The number of amides is 1. The van der Waals surface area contributed by atoms with Crippen LogP contribution in [0.4, 0.5) is 4.79 Å². The molecule has 0 aliphatic carbocycles. The van der Waals surface area contributed by atoms with Gasteiger partial charge < -0.3 is 15.2 Å². The lowest BCUT2D eigenvalue weighted by molar-refractivity contribution is 0.119. The van der Waals surface area contributed by atoms with Crippen LogP contribution in [0.3, 0.4) is 0 Å². The fraction of sp³-hybridized carbons (Fsp3) is 0.889. The first-order valence-electron chi connectivity index (χ1n) is 4.82. The van der Waals surface area contributed by atoms with Crippen molar-refractivity contribution in [3.8, 4) is 0 Å². The van der Waals surface area contributed by atoms with Crippen molar-refractivity contribution in [3.05, 3.63) is 0 Å². The number of alkyl carbamates (subject to hydrolysis) is 1. The Morgan fingerprint density at radius 1 is 1.46 bits per heavy atom. The molecule has 0 aliphatic heterocycles. The van der Waals surface area contributed by atoms with Gasteiger partial charge in [-0.15, -0.1) is 0 Å². The number of aliphatic hydroxyl groups is 1. The summed E-state index contributed by atoms with van der Waals surface area (Å²) in [5, 5.41) is 10.8. The average molecular weight is 191 g/mol. The minimum absolute atomic E-state index is 0.0674. The molecule has 0 spiro atoms. The Kier molecular flexibility index (Phi) is 15.6. The highest BCUT2D eigenvalue weighted by molar-refractivity contribution is 5.66. The summed E-state index contributed by atoms with van der Waals surface area (Å²) >= 11 is 0. The van der Waals surface area contributed by atoms with E-state index < -0.39 is 6.09 Å². The molecule has 2 N–H and O–H groups in total. The lowest BCUT2D eigenvalue weighted by atomic mass is 10.3. The maximum atomic E-state index is 10.6. The highest BCUT2D eigenvalue weighted by Crippen LogP contribution is 1.83. The molecule has 0 bridgehead atoms. The summed E-state index contributed by atoms with van der Waals surface area (Å²) in [5.74, 6) is 0. The molecule has 80 valence electrons. The van der Waals surface area contributed by atoms with Gasteiger partial charge in [-0.2, -0.15) is 0 Å². The number of hydrogen-bond donors (Lipinski definition) is 2. The van der Waals surface area contributed by atoms with Crippen molar-refractivity contribution in [2.24, 2.45) is 0 Å². The summed E-state index contributed by atoms with van der Waals surface area (Å²) in [4.78, 5) is 10.6. The van der Waals surface area contributed by atoms with Crippen LogP contribution in [0.1, 0.15) is 33.6 Å². The lowest BCUT2D eigenvalue weighted by Gasteiger charge is -2.03. The first-order valence-corrected chi connectivity index (χ1v) is 4.82. The summed E-state index contributed by atoms with van der Waals surface area (Å²) in [6.07, 6.45) is 1.54. The molecule has 4 nitrogen and oxygen atoms in total. The summed E-state index contributed by atoms with van der Waals surface area (Å²) < 4.78 is 4.54. The first-order chi connectivity index (χ1) is 6.31. The van der Waals surface area contributed by atoms with Gasteiger partial charge in [-0.05, 0) is 6.42 Å². The minimum Gasteiger partial charge on any atom is -0.447 e. The second kappa shape index (κ2) is 13.8. The van der Waals surface area contributed by atoms with Crippen LogP contribution in [-0.4, -0.2) is 31.0 Å². The molecule has 0 rings (SSSR count). The molecule has 0 unspecified atom stereocenters. The van der Waals surface area contributed by atoms with Crippen LogP contribution in [0, 0.1) is 0 Å². The molecule has 1 amide bonds. The van der Waals surface area contributed by atoms with E-state index in [2.05, 4.69) is 10.1 Å². The number of carbonyl (C=O) groups excluding carboxylic acids is 1. The van der Waals surface area contributed by atoms with Crippen LogP contribution in [0.15, 0.2) is 0 Å². The molecule has 0 aliphatic rings. The first kappa shape index (κ1) is 14.7. The summed E-state index contributed by atoms with van der Waals surface area (Å²) in [6.45, 7) is 6.63. The van der Waals surface area contributed by atoms with E-state index in [-0.39, 0.29) is 13.2 Å². The van der Waals surface area contributed by atoms with Gasteiger partial charge in [0.15, 0.2) is 0 Å². The number of unbranched alkanes of at least 4 members (excludes halogenated alkanes) is 1. The molecule has 0 aromatic carbocycles. The lowest BCUT2D eigenvalue weighted by Crippen LogP contribution is -2.26. The van der Waals surface area contributed by atoms with E-state index >= 15 is 0 Å². The van der Waals surface area contributed by atoms with Crippen molar-refractivity contribution < 1.29 is 14.6 Å². The molecule has 4 heteroatoms. The van der Waals surface area contributed by atoms with Gasteiger partial charge >= 0.3 is 6.09 Å². The quantitative estimate of drug-likeness (QED) is 0.648. The Bertz CT molecular complexity index is 107. The number of carbonyl (C=O) groups is 1. The van der Waals surface area contributed by atoms with Gasteiger partial charge in [0, 0.05) is 6.54 Å². The molecule has 0 heterocycles. The molecule has 13 heavy (non-hydrogen) atoms. The normalized spacial score (nSPS) is 8.31. The Morgan fingerprint density at radius 2 is 2.08 bits per heavy atom. The Balaban J connectivity index is 0. The average Bonchev–Trinajstić information content (AvgIpc) is 2.18. The summed E-state index contributed by atoms with van der Waals surface area (Å²) in [5.41, 5.74) is 0. The molecule has 0 aromatic heterocycles. The third kappa shape index (κ3) is 14.1. The second-order valence-electron chi connectivity index (χ2n) is 2.14. The van der Waals surface area contributed by atoms with Crippen LogP contribution < -0.4 is 5.32 Å². The summed E-state index contributed by atoms with van der Waals surface area (Å²) in [6, 6.07) is 0.